The molecule has 0 radical (unpaired) electrons. The molecule has 0 heterocycles. The number of hydrogen-bond acceptors (Lipinski definition) is 3. The van der Waals surface area contributed by atoms with Gasteiger partial charge in [0.2, 0.25) is 0 Å². The first-order valence-corrected chi connectivity index (χ1v) is 5.87. The van der Waals surface area contributed by atoms with E-state index in [1.807, 2.05) is 0 Å². The molecule has 0 unspecified atom stereocenters. The normalized spacial score (nSPS) is 10.1. The van der Waals surface area contributed by atoms with E-state index in [2.05, 4.69) is 0 Å². The minimum absolute atomic E-state index is 0.150. The molecule has 0 aliphatic carbocycles. The van der Waals surface area contributed by atoms with Crippen molar-refractivity contribution in [2.45, 2.75) is 19.3 Å². The number of Topliss-reactive ketones (excluding diaryl/α,β-unsaturated/α-hetero) is 2. The number of ketones is 2. The van der Waals surface area contributed by atoms with Crippen molar-refractivity contribution < 1.29 is 19.5 Å². The second kappa shape index (κ2) is 6.52. The summed E-state index contributed by atoms with van der Waals surface area (Å²) in [6.45, 7) is 0. The molecule has 1 aromatic carbocycles. The van der Waals surface area contributed by atoms with Gasteiger partial charge in [0.1, 0.15) is 5.78 Å². The summed E-state index contributed by atoms with van der Waals surface area (Å²) in [5.41, 5.74) is 0.285. The van der Waals surface area contributed by atoms with Gasteiger partial charge in [-0.3, -0.25) is 14.4 Å². The minimum atomic E-state index is -1.06. The second-order valence-electron chi connectivity index (χ2n) is 3.66. The van der Waals surface area contributed by atoms with Gasteiger partial charge in [-0.05, 0) is 18.2 Å². The molecule has 0 fully saturated rings. The quantitative estimate of drug-likeness (QED) is 0.645. The summed E-state index contributed by atoms with van der Waals surface area (Å²) in [7, 11) is 0. The summed E-state index contributed by atoms with van der Waals surface area (Å²) < 4.78 is 0. The Morgan fingerprint density at radius 2 is 1.72 bits per heavy atom. The van der Waals surface area contributed by atoms with Crippen LogP contribution in [0.1, 0.15) is 29.6 Å². The van der Waals surface area contributed by atoms with Crippen molar-refractivity contribution in [3.63, 3.8) is 0 Å². The largest absolute Gasteiger partial charge is 0.481 e. The van der Waals surface area contributed by atoms with Gasteiger partial charge in [-0.25, -0.2) is 0 Å². The van der Waals surface area contributed by atoms with Crippen LogP contribution in [0.25, 0.3) is 0 Å². The number of carboxylic acid groups (broad SMARTS) is 1. The van der Waals surface area contributed by atoms with Gasteiger partial charge in [0.15, 0.2) is 5.78 Å². The highest BCUT2D eigenvalue weighted by molar-refractivity contribution is 6.42. The maximum absolute atomic E-state index is 11.7. The fourth-order valence-corrected chi connectivity index (χ4v) is 1.58. The molecule has 0 saturated heterocycles. The van der Waals surface area contributed by atoms with Gasteiger partial charge in [-0.15, -0.1) is 0 Å². The number of benzene rings is 1. The van der Waals surface area contributed by atoms with Crippen molar-refractivity contribution in [2.24, 2.45) is 0 Å². The van der Waals surface area contributed by atoms with Crippen LogP contribution in [0.4, 0.5) is 0 Å². The van der Waals surface area contributed by atoms with E-state index in [1.165, 1.54) is 18.2 Å². The molecule has 1 rings (SSSR count). The first-order chi connectivity index (χ1) is 8.40. The molecule has 6 heteroatoms. The third kappa shape index (κ3) is 4.47. The fraction of sp³-hybridized carbons (Fsp3) is 0.250. The summed E-state index contributed by atoms with van der Waals surface area (Å²) in [6.07, 6.45) is -0.749. The Kier molecular flexibility index (Phi) is 5.31. The highest BCUT2D eigenvalue weighted by Crippen LogP contribution is 2.23. The SMILES string of the molecule is O=C(O)CCC(=O)CC(=O)c1ccc(Cl)c(Cl)c1. The maximum atomic E-state index is 11.7. The fourth-order valence-electron chi connectivity index (χ4n) is 1.29. The highest BCUT2D eigenvalue weighted by Gasteiger charge is 2.14. The van der Waals surface area contributed by atoms with Crippen LogP contribution >= 0.6 is 23.2 Å². The number of halogens is 2. The third-order valence-corrected chi connectivity index (χ3v) is 2.96. The molecule has 0 amide bonds. The van der Waals surface area contributed by atoms with Crippen LogP contribution in [0.5, 0.6) is 0 Å². The van der Waals surface area contributed by atoms with E-state index >= 15 is 0 Å². The topological polar surface area (TPSA) is 71.4 Å². The van der Waals surface area contributed by atoms with E-state index in [0.29, 0.717) is 5.02 Å². The van der Waals surface area contributed by atoms with E-state index in [-0.39, 0.29) is 29.8 Å². The van der Waals surface area contributed by atoms with Gasteiger partial charge in [0, 0.05) is 12.0 Å². The summed E-state index contributed by atoms with van der Waals surface area (Å²) in [4.78, 5) is 33.3. The summed E-state index contributed by atoms with van der Waals surface area (Å²) in [5.74, 6) is -1.87. The van der Waals surface area contributed by atoms with Crippen molar-refractivity contribution >= 4 is 40.7 Å². The van der Waals surface area contributed by atoms with Crippen molar-refractivity contribution in [2.75, 3.05) is 0 Å². The lowest BCUT2D eigenvalue weighted by Crippen LogP contribution is -2.10. The molecule has 18 heavy (non-hydrogen) atoms. The molecule has 0 atom stereocenters. The van der Waals surface area contributed by atoms with Crippen LogP contribution < -0.4 is 0 Å². The first kappa shape index (κ1) is 14.7. The monoisotopic (exact) mass is 288 g/mol. The Labute approximate surface area is 114 Å². The maximum Gasteiger partial charge on any atom is 0.303 e. The molecular formula is C12H10Cl2O4. The number of aliphatic carboxylic acids is 1. The zero-order valence-corrected chi connectivity index (χ0v) is 10.8. The smallest absolute Gasteiger partial charge is 0.303 e. The molecule has 0 aliphatic heterocycles. The summed E-state index contributed by atoms with van der Waals surface area (Å²) in [5, 5.41) is 8.97. The first-order valence-electron chi connectivity index (χ1n) is 5.12. The van der Waals surface area contributed by atoms with Gasteiger partial charge in [-0.2, -0.15) is 0 Å². The van der Waals surface area contributed by atoms with Gasteiger partial charge in [0.05, 0.1) is 22.9 Å². The van der Waals surface area contributed by atoms with Crippen molar-refractivity contribution in [1.29, 1.82) is 0 Å². The van der Waals surface area contributed by atoms with Crippen LogP contribution in [0.2, 0.25) is 10.0 Å². The van der Waals surface area contributed by atoms with Gasteiger partial charge < -0.3 is 5.11 Å². The van der Waals surface area contributed by atoms with Crippen molar-refractivity contribution in [3.8, 4) is 0 Å². The van der Waals surface area contributed by atoms with E-state index < -0.39 is 17.5 Å². The number of carbonyl (C=O) groups excluding carboxylic acids is 2. The number of hydrogen-bond donors (Lipinski definition) is 1. The molecule has 0 saturated carbocycles. The lowest BCUT2D eigenvalue weighted by atomic mass is 10.0. The predicted octanol–water partition coefficient (Wildman–Crippen LogP) is 3.00. The Balaban J connectivity index is 2.62. The summed E-state index contributed by atoms with van der Waals surface area (Å²) in [6, 6.07) is 4.33. The molecule has 96 valence electrons. The Hall–Kier alpha value is -1.39. The zero-order chi connectivity index (χ0) is 13.7. The lowest BCUT2D eigenvalue weighted by Gasteiger charge is -2.02. The number of carboxylic acids is 1. The predicted molar refractivity (Wildman–Crippen MR) is 67.3 cm³/mol. The Morgan fingerprint density at radius 1 is 1.06 bits per heavy atom. The van der Waals surface area contributed by atoms with E-state index in [4.69, 9.17) is 28.3 Å². The standard InChI is InChI=1S/C12H10Cl2O4/c13-9-3-1-7(5-10(9)14)11(16)6-8(15)2-4-12(17)18/h1,3,5H,2,4,6H2,(H,17,18). The average Bonchev–Trinajstić information content (AvgIpc) is 2.30. The summed E-state index contributed by atoms with van der Waals surface area (Å²) >= 11 is 11.5. The van der Waals surface area contributed by atoms with E-state index in [1.54, 1.807) is 0 Å². The van der Waals surface area contributed by atoms with Gasteiger partial charge in [0.25, 0.3) is 0 Å². The van der Waals surface area contributed by atoms with Crippen molar-refractivity contribution in [1.82, 2.24) is 0 Å². The van der Waals surface area contributed by atoms with Gasteiger partial charge >= 0.3 is 5.97 Å². The lowest BCUT2D eigenvalue weighted by molar-refractivity contribution is -0.138. The second-order valence-corrected chi connectivity index (χ2v) is 4.48. The molecule has 4 nitrogen and oxygen atoms in total. The number of rotatable bonds is 6. The highest BCUT2D eigenvalue weighted by atomic mass is 35.5. The van der Waals surface area contributed by atoms with E-state index in [9.17, 15) is 14.4 Å². The Bertz CT molecular complexity index is 497. The van der Waals surface area contributed by atoms with Crippen LogP contribution in [-0.2, 0) is 9.59 Å². The Morgan fingerprint density at radius 3 is 2.28 bits per heavy atom. The van der Waals surface area contributed by atoms with Gasteiger partial charge in [-0.1, -0.05) is 23.2 Å². The molecule has 1 aromatic rings. The molecule has 0 aliphatic rings. The van der Waals surface area contributed by atoms with E-state index in [0.717, 1.165) is 0 Å². The molecule has 0 aromatic heterocycles. The zero-order valence-electron chi connectivity index (χ0n) is 9.28. The minimum Gasteiger partial charge on any atom is -0.481 e. The molecular weight excluding hydrogens is 279 g/mol. The third-order valence-electron chi connectivity index (χ3n) is 2.22. The average molecular weight is 289 g/mol. The van der Waals surface area contributed by atoms with Crippen LogP contribution in [0, 0.1) is 0 Å². The van der Waals surface area contributed by atoms with Crippen molar-refractivity contribution in [3.05, 3.63) is 33.8 Å². The van der Waals surface area contributed by atoms with Crippen LogP contribution in [-0.4, -0.2) is 22.6 Å². The molecule has 0 bridgehead atoms. The van der Waals surface area contributed by atoms with Crippen LogP contribution in [0.15, 0.2) is 18.2 Å². The number of carbonyl (C=O) groups is 3. The molecule has 0 spiro atoms. The van der Waals surface area contributed by atoms with Crippen LogP contribution in [0.3, 0.4) is 0 Å². The molecule has 1 N–H and O–H groups in total.